The first-order valence-corrected chi connectivity index (χ1v) is 7.53. The van der Waals surface area contributed by atoms with E-state index < -0.39 is 0 Å². The molecule has 0 saturated heterocycles. The van der Waals surface area contributed by atoms with Crippen LogP contribution in [-0.4, -0.2) is 39.7 Å². The molecule has 0 aliphatic heterocycles. The summed E-state index contributed by atoms with van der Waals surface area (Å²) in [6, 6.07) is 7.32. The summed E-state index contributed by atoms with van der Waals surface area (Å²) in [5, 5.41) is 9.57. The number of nitrogens with zero attached hydrogens (tertiary/aromatic N) is 3. The Morgan fingerprint density at radius 1 is 1.13 bits per heavy atom. The number of carbonyl (C=O) groups excluding carboxylic acids is 2. The molecule has 2 aromatic rings. The van der Waals surface area contributed by atoms with Crippen molar-refractivity contribution in [2.24, 2.45) is 5.92 Å². The standard InChI is InChI=1S/C16H21N5O2/c1-12(2)15(22)18-7-8-19-16(23)14-5-3-13(4-6-14)9-21-11-17-10-20-21/h3-6,10-12H,7-9H2,1-2H3,(H,18,22)(H,19,23). The van der Waals surface area contributed by atoms with Crippen LogP contribution in [0.3, 0.4) is 0 Å². The summed E-state index contributed by atoms with van der Waals surface area (Å²) >= 11 is 0. The Kier molecular flexibility index (Phi) is 5.85. The summed E-state index contributed by atoms with van der Waals surface area (Å²) in [6.07, 6.45) is 3.13. The maximum Gasteiger partial charge on any atom is 0.251 e. The summed E-state index contributed by atoms with van der Waals surface area (Å²) in [7, 11) is 0. The van der Waals surface area contributed by atoms with Crippen LogP contribution in [0.25, 0.3) is 0 Å². The quantitative estimate of drug-likeness (QED) is 0.741. The molecular weight excluding hydrogens is 294 g/mol. The average Bonchev–Trinajstić information content (AvgIpc) is 3.04. The predicted molar refractivity (Wildman–Crippen MR) is 85.7 cm³/mol. The van der Waals surface area contributed by atoms with E-state index in [4.69, 9.17) is 0 Å². The minimum absolute atomic E-state index is 0.0169. The third kappa shape index (κ3) is 5.21. The van der Waals surface area contributed by atoms with E-state index in [-0.39, 0.29) is 17.7 Å². The summed E-state index contributed by atoms with van der Waals surface area (Å²) in [4.78, 5) is 27.3. The maximum absolute atomic E-state index is 12.0. The monoisotopic (exact) mass is 315 g/mol. The van der Waals surface area contributed by atoms with E-state index in [0.29, 0.717) is 25.2 Å². The van der Waals surface area contributed by atoms with Crippen molar-refractivity contribution < 1.29 is 9.59 Å². The molecule has 0 spiro atoms. The van der Waals surface area contributed by atoms with Gasteiger partial charge in [0.25, 0.3) is 5.91 Å². The highest BCUT2D eigenvalue weighted by Crippen LogP contribution is 2.05. The lowest BCUT2D eigenvalue weighted by molar-refractivity contribution is -0.123. The molecule has 0 radical (unpaired) electrons. The summed E-state index contributed by atoms with van der Waals surface area (Å²) in [5.74, 6) is -0.226. The van der Waals surface area contributed by atoms with Crippen LogP contribution in [0.15, 0.2) is 36.9 Å². The number of aromatic nitrogens is 3. The average molecular weight is 315 g/mol. The lowest BCUT2D eigenvalue weighted by Crippen LogP contribution is -2.36. The van der Waals surface area contributed by atoms with Gasteiger partial charge < -0.3 is 10.6 Å². The molecule has 7 nitrogen and oxygen atoms in total. The van der Waals surface area contributed by atoms with Gasteiger partial charge in [-0.25, -0.2) is 9.67 Å². The minimum Gasteiger partial charge on any atom is -0.354 e. The fraction of sp³-hybridized carbons (Fsp3) is 0.375. The largest absolute Gasteiger partial charge is 0.354 e. The van der Waals surface area contributed by atoms with Gasteiger partial charge in [-0.1, -0.05) is 26.0 Å². The Morgan fingerprint density at radius 3 is 2.43 bits per heavy atom. The topological polar surface area (TPSA) is 88.9 Å². The second kappa shape index (κ2) is 8.07. The van der Waals surface area contributed by atoms with Crippen LogP contribution < -0.4 is 10.6 Å². The fourth-order valence-electron chi connectivity index (χ4n) is 1.93. The van der Waals surface area contributed by atoms with Gasteiger partial charge in [-0.05, 0) is 17.7 Å². The number of nitrogens with one attached hydrogen (secondary N) is 2. The first-order chi connectivity index (χ1) is 11.1. The highest BCUT2D eigenvalue weighted by atomic mass is 16.2. The van der Waals surface area contributed by atoms with Crippen molar-refractivity contribution in [3.05, 3.63) is 48.0 Å². The van der Waals surface area contributed by atoms with Crippen LogP contribution in [0.5, 0.6) is 0 Å². The fourth-order valence-corrected chi connectivity index (χ4v) is 1.93. The molecule has 0 atom stereocenters. The maximum atomic E-state index is 12.0. The van der Waals surface area contributed by atoms with Crippen LogP contribution in [0, 0.1) is 5.92 Å². The number of hydrogen-bond acceptors (Lipinski definition) is 4. The van der Waals surface area contributed by atoms with Gasteiger partial charge in [0.15, 0.2) is 0 Å². The summed E-state index contributed by atoms with van der Waals surface area (Å²) in [6.45, 7) is 5.10. The van der Waals surface area contributed by atoms with Gasteiger partial charge in [-0.3, -0.25) is 9.59 Å². The molecule has 23 heavy (non-hydrogen) atoms. The lowest BCUT2D eigenvalue weighted by Gasteiger charge is -2.09. The number of benzene rings is 1. The van der Waals surface area contributed by atoms with Gasteiger partial charge in [-0.15, -0.1) is 0 Å². The van der Waals surface area contributed by atoms with E-state index in [0.717, 1.165) is 5.56 Å². The minimum atomic E-state index is -0.156. The van der Waals surface area contributed by atoms with Gasteiger partial charge in [0, 0.05) is 24.6 Å². The highest BCUT2D eigenvalue weighted by Gasteiger charge is 2.07. The molecule has 1 aromatic heterocycles. The number of hydrogen-bond donors (Lipinski definition) is 2. The number of rotatable bonds is 7. The first kappa shape index (κ1) is 16.7. The normalized spacial score (nSPS) is 10.6. The third-order valence-corrected chi connectivity index (χ3v) is 3.26. The highest BCUT2D eigenvalue weighted by molar-refractivity contribution is 5.94. The molecule has 7 heteroatoms. The van der Waals surface area contributed by atoms with Crippen molar-refractivity contribution in [2.45, 2.75) is 20.4 Å². The molecule has 0 fully saturated rings. The molecule has 2 N–H and O–H groups in total. The molecule has 0 aliphatic carbocycles. The Labute approximate surface area is 135 Å². The van der Waals surface area contributed by atoms with Crippen LogP contribution in [0.4, 0.5) is 0 Å². The van der Waals surface area contributed by atoms with Gasteiger partial charge >= 0.3 is 0 Å². The zero-order valence-corrected chi connectivity index (χ0v) is 13.3. The number of carbonyl (C=O) groups is 2. The van der Waals surface area contributed by atoms with Crippen LogP contribution >= 0.6 is 0 Å². The molecule has 0 saturated carbocycles. The van der Waals surface area contributed by atoms with Crippen molar-refractivity contribution >= 4 is 11.8 Å². The van der Waals surface area contributed by atoms with E-state index >= 15 is 0 Å². The first-order valence-electron chi connectivity index (χ1n) is 7.53. The van der Waals surface area contributed by atoms with Crippen molar-refractivity contribution in [3.8, 4) is 0 Å². The van der Waals surface area contributed by atoms with Crippen molar-refractivity contribution in [1.82, 2.24) is 25.4 Å². The van der Waals surface area contributed by atoms with E-state index in [1.165, 1.54) is 6.33 Å². The summed E-state index contributed by atoms with van der Waals surface area (Å²) < 4.78 is 1.71. The number of amides is 2. The van der Waals surface area contributed by atoms with Crippen LogP contribution in [0.1, 0.15) is 29.8 Å². The third-order valence-electron chi connectivity index (χ3n) is 3.26. The molecule has 0 bridgehead atoms. The van der Waals surface area contributed by atoms with Crippen molar-refractivity contribution in [2.75, 3.05) is 13.1 Å². The van der Waals surface area contributed by atoms with E-state index in [2.05, 4.69) is 20.7 Å². The molecule has 0 aliphatic rings. The molecule has 1 heterocycles. The van der Waals surface area contributed by atoms with E-state index in [9.17, 15) is 9.59 Å². The Morgan fingerprint density at radius 2 is 1.83 bits per heavy atom. The SMILES string of the molecule is CC(C)C(=O)NCCNC(=O)c1ccc(Cn2cncn2)cc1. The Bertz CT molecular complexity index is 635. The molecule has 1 aromatic carbocycles. The van der Waals surface area contributed by atoms with E-state index in [1.54, 1.807) is 23.1 Å². The molecule has 0 unspecified atom stereocenters. The van der Waals surface area contributed by atoms with Crippen LogP contribution in [-0.2, 0) is 11.3 Å². The zero-order valence-electron chi connectivity index (χ0n) is 13.3. The van der Waals surface area contributed by atoms with Gasteiger partial charge in [0.2, 0.25) is 5.91 Å². The van der Waals surface area contributed by atoms with Gasteiger partial charge in [0.1, 0.15) is 12.7 Å². The van der Waals surface area contributed by atoms with Crippen molar-refractivity contribution in [3.63, 3.8) is 0 Å². The molecule has 2 rings (SSSR count). The smallest absolute Gasteiger partial charge is 0.251 e. The Hall–Kier alpha value is -2.70. The van der Waals surface area contributed by atoms with Gasteiger partial charge in [0.05, 0.1) is 6.54 Å². The van der Waals surface area contributed by atoms with Crippen molar-refractivity contribution in [1.29, 1.82) is 0 Å². The van der Waals surface area contributed by atoms with E-state index in [1.807, 2.05) is 26.0 Å². The second-order valence-electron chi connectivity index (χ2n) is 5.49. The van der Waals surface area contributed by atoms with Gasteiger partial charge in [-0.2, -0.15) is 5.10 Å². The predicted octanol–water partition coefficient (Wildman–Crippen LogP) is 0.828. The summed E-state index contributed by atoms with van der Waals surface area (Å²) in [5.41, 5.74) is 1.62. The second-order valence-corrected chi connectivity index (χ2v) is 5.49. The molecule has 122 valence electrons. The Balaban J connectivity index is 1.77. The zero-order chi connectivity index (χ0) is 16.7. The molecule has 2 amide bonds. The molecular formula is C16H21N5O2. The van der Waals surface area contributed by atoms with Crippen LogP contribution in [0.2, 0.25) is 0 Å². The lowest BCUT2D eigenvalue weighted by atomic mass is 10.1.